The van der Waals surface area contributed by atoms with Crippen LogP contribution in [-0.4, -0.2) is 13.7 Å². The van der Waals surface area contributed by atoms with Crippen LogP contribution in [0.5, 0.6) is 5.75 Å². The molecule has 82 valence electrons. The fraction of sp³-hybridized carbons (Fsp3) is 0.538. The zero-order valence-corrected chi connectivity index (χ0v) is 9.55. The molecule has 0 atom stereocenters. The van der Waals surface area contributed by atoms with Gasteiger partial charge in [0.15, 0.2) is 0 Å². The molecular formula is C13H19NO. The van der Waals surface area contributed by atoms with E-state index in [9.17, 15) is 0 Å². The Morgan fingerprint density at radius 2 is 2.13 bits per heavy atom. The number of rotatable bonds is 3. The van der Waals surface area contributed by atoms with Crippen molar-refractivity contribution >= 4 is 0 Å². The molecule has 1 aromatic rings. The number of hydrogen-bond donors (Lipinski definition) is 1. The molecule has 1 aliphatic rings. The highest BCUT2D eigenvalue weighted by atomic mass is 16.5. The lowest BCUT2D eigenvalue weighted by atomic mass is 9.64. The van der Waals surface area contributed by atoms with E-state index >= 15 is 0 Å². The van der Waals surface area contributed by atoms with Gasteiger partial charge in [-0.15, -0.1) is 0 Å². The van der Waals surface area contributed by atoms with E-state index < -0.39 is 0 Å². The molecule has 0 radical (unpaired) electrons. The zero-order valence-electron chi connectivity index (χ0n) is 9.55. The van der Waals surface area contributed by atoms with E-state index in [0.29, 0.717) is 0 Å². The van der Waals surface area contributed by atoms with Gasteiger partial charge in [-0.25, -0.2) is 0 Å². The summed E-state index contributed by atoms with van der Waals surface area (Å²) in [7, 11) is 1.72. The largest absolute Gasteiger partial charge is 0.496 e. The molecule has 1 saturated carbocycles. The first-order valence-electron chi connectivity index (χ1n) is 5.57. The molecule has 0 aromatic heterocycles. The molecule has 1 aliphatic carbocycles. The topological polar surface area (TPSA) is 35.2 Å². The van der Waals surface area contributed by atoms with E-state index in [0.717, 1.165) is 12.3 Å². The molecule has 0 aliphatic heterocycles. The molecule has 0 saturated heterocycles. The summed E-state index contributed by atoms with van der Waals surface area (Å²) in [4.78, 5) is 0. The fourth-order valence-corrected chi connectivity index (χ4v) is 2.36. The summed E-state index contributed by atoms with van der Waals surface area (Å²) in [6, 6.07) is 6.48. The third-order valence-electron chi connectivity index (χ3n) is 3.72. The molecule has 2 rings (SSSR count). The second kappa shape index (κ2) is 3.86. The van der Waals surface area contributed by atoms with Crippen LogP contribution in [0.3, 0.4) is 0 Å². The van der Waals surface area contributed by atoms with E-state index in [1.807, 2.05) is 0 Å². The SMILES string of the molecule is COc1cc(C2(CN)CCC2)ccc1C. The van der Waals surface area contributed by atoms with Crippen molar-refractivity contribution in [2.75, 3.05) is 13.7 Å². The van der Waals surface area contributed by atoms with Gasteiger partial charge in [-0.05, 0) is 37.0 Å². The first kappa shape index (κ1) is 10.5. The highest BCUT2D eigenvalue weighted by Crippen LogP contribution is 2.43. The normalized spacial score (nSPS) is 18.3. The fourth-order valence-electron chi connectivity index (χ4n) is 2.36. The van der Waals surface area contributed by atoms with Gasteiger partial charge in [0.25, 0.3) is 0 Å². The minimum atomic E-state index is 0.237. The number of methoxy groups -OCH3 is 1. The van der Waals surface area contributed by atoms with Gasteiger partial charge in [-0.1, -0.05) is 18.6 Å². The molecule has 0 spiro atoms. The van der Waals surface area contributed by atoms with Gasteiger partial charge < -0.3 is 10.5 Å². The lowest BCUT2D eigenvalue weighted by molar-refractivity contribution is 0.252. The molecule has 0 amide bonds. The number of aryl methyl sites for hydroxylation is 1. The summed E-state index contributed by atoms with van der Waals surface area (Å²) >= 11 is 0. The second-order valence-electron chi connectivity index (χ2n) is 4.52. The van der Waals surface area contributed by atoms with Crippen LogP contribution in [0.4, 0.5) is 0 Å². The smallest absolute Gasteiger partial charge is 0.122 e. The molecule has 0 heterocycles. The van der Waals surface area contributed by atoms with Crippen LogP contribution in [-0.2, 0) is 5.41 Å². The Morgan fingerprint density at radius 1 is 1.40 bits per heavy atom. The Hall–Kier alpha value is -1.02. The van der Waals surface area contributed by atoms with Crippen molar-refractivity contribution in [1.82, 2.24) is 0 Å². The quantitative estimate of drug-likeness (QED) is 0.822. The van der Waals surface area contributed by atoms with E-state index in [-0.39, 0.29) is 5.41 Å². The van der Waals surface area contributed by atoms with Crippen molar-refractivity contribution in [3.05, 3.63) is 29.3 Å². The summed E-state index contributed by atoms with van der Waals surface area (Å²) < 4.78 is 5.35. The molecule has 2 nitrogen and oxygen atoms in total. The maximum absolute atomic E-state index is 5.89. The van der Waals surface area contributed by atoms with Gasteiger partial charge >= 0.3 is 0 Å². The van der Waals surface area contributed by atoms with Crippen molar-refractivity contribution in [2.24, 2.45) is 5.73 Å². The Bertz CT molecular complexity index is 350. The first-order valence-corrected chi connectivity index (χ1v) is 5.57. The van der Waals surface area contributed by atoms with E-state index in [1.165, 1.54) is 30.4 Å². The van der Waals surface area contributed by atoms with Crippen LogP contribution in [0, 0.1) is 6.92 Å². The van der Waals surface area contributed by atoms with Gasteiger partial charge in [0, 0.05) is 12.0 Å². The lowest BCUT2D eigenvalue weighted by Crippen LogP contribution is -2.41. The first-order chi connectivity index (χ1) is 7.22. The standard InChI is InChI=1S/C13H19NO/c1-10-4-5-11(8-12(10)15-2)13(9-14)6-3-7-13/h4-5,8H,3,6-7,9,14H2,1-2H3. The molecule has 2 N–H and O–H groups in total. The molecule has 0 bridgehead atoms. The predicted molar refractivity (Wildman–Crippen MR) is 62.3 cm³/mol. The summed E-state index contributed by atoms with van der Waals surface area (Å²) in [6.45, 7) is 2.82. The Balaban J connectivity index is 2.36. The Morgan fingerprint density at radius 3 is 2.60 bits per heavy atom. The van der Waals surface area contributed by atoms with Crippen LogP contribution in [0.15, 0.2) is 18.2 Å². The Labute approximate surface area is 91.4 Å². The summed E-state index contributed by atoms with van der Waals surface area (Å²) in [5, 5.41) is 0. The van der Waals surface area contributed by atoms with Gasteiger partial charge in [0.05, 0.1) is 7.11 Å². The van der Waals surface area contributed by atoms with Crippen LogP contribution >= 0.6 is 0 Å². The molecule has 1 aromatic carbocycles. The third kappa shape index (κ3) is 1.63. The third-order valence-corrected chi connectivity index (χ3v) is 3.72. The molecule has 15 heavy (non-hydrogen) atoms. The van der Waals surface area contributed by atoms with Crippen molar-refractivity contribution in [3.63, 3.8) is 0 Å². The molecular weight excluding hydrogens is 186 g/mol. The van der Waals surface area contributed by atoms with Gasteiger partial charge in [0.2, 0.25) is 0 Å². The van der Waals surface area contributed by atoms with Crippen LogP contribution in [0.2, 0.25) is 0 Å². The number of nitrogens with two attached hydrogens (primary N) is 1. The average Bonchev–Trinajstić information content (AvgIpc) is 2.19. The van der Waals surface area contributed by atoms with Crippen molar-refractivity contribution in [3.8, 4) is 5.75 Å². The highest BCUT2D eigenvalue weighted by molar-refractivity contribution is 5.41. The van der Waals surface area contributed by atoms with E-state index in [1.54, 1.807) is 7.11 Å². The molecule has 0 unspecified atom stereocenters. The van der Waals surface area contributed by atoms with Crippen LogP contribution in [0.1, 0.15) is 30.4 Å². The minimum Gasteiger partial charge on any atom is -0.496 e. The lowest BCUT2D eigenvalue weighted by Gasteiger charge is -2.41. The number of ether oxygens (including phenoxy) is 1. The van der Waals surface area contributed by atoms with Gasteiger partial charge in [-0.2, -0.15) is 0 Å². The van der Waals surface area contributed by atoms with Gasteiger partial charge in [0.1, 0.15) is 5.75 Å². The highest BCUT2D eigenvalue weighted by Gasteiger charge is 2.37. The maximum Gasteiger partial charge on any atom is 0.122 e. The second-order valence-corrected chi connectivity index (χ2v) is 4.52. The summed E-state index contributed by atoms with van der Waals surface area (Å²) in [5.74, 6) is 0.979. The zero-order chi connectivity index (χ0) is 10.9. The van der Waals surface area contributed by atoms with Crippen LogP contribution in [0.25, 0.3) is 0 Å². The molecule has 1 fully saturated rings. The monoisotopic (exact) mass is 205 g/mol. The summed E-state index contributed by atoms with van der Waals surface area (Å²) in [5.41, 5.74) is 8.66. The van der Waals surface area contributed by atoms with Crippen molar-refractivity contribution in [1.29, 1.82) is 0 Å². The van der Waals surface area contributed by atoms with Gasteiger partial charge in [-0.3, -0.25) is 0 Å². The summed E-state index contributed by atoms with van der Waals surface area (Å²) in [6.07, 6.45) is 3.73. The molecule has 2 heteroatoms. The maximum atomic E-state index is 5.89. The number of hydrogen-bond acceptors (Lipinski definition) is 2. The van der Waals surface area contributed by atoms with E-state index in [4.69, 9.17) is 10.5 Å². The number of benzene rings is 1. The predicted octanol–water partition coefficient (Wildman–Crippen LogP) is 2.38. The van der Waals surface area contributed by atoms with E-state index in [2.05, 4.69) is 25.1 Å². The van der Waals surface area contributed by atoms with Crippen molar-refractivity contribution in [2.45, 2.75) is 31.6 Å². The Kier molecular flexibility index (Phi) is 2.70. The average molecular weight is 205 g/mol. The van der Waals surface area contributed by atoms with Crippen molar-refractivity contribution < 1.29 is 4.74 Å². The van der Waals surface area contributed by atoms with Crippen LogP contribution < -0.4 is 10.5 Å². The minimum absolute atomic E-state index is 0.237.